The summed E-state index contributed by atoms with van der Waals surface area (Å²) in [5.41, 5.74) is 0.877. The Morgan fingerprint density at radius 2 is 1.94 bits per heavy atom. The van der Waals surface area contributed by atoms with E-state index in [1.165, 1.54) is 12.3 Å². The molecule has 13 heteroatoms. The van der Waals surface area contributed by atoms with Crippen LogP contribution in [0, 0.1) is 0 Å². The number of fused-ring (bicyclic) bond motifs is 1. The molecule has 0 aliphatic carbocycles. The third-order valence-electron chi connectivity index (χ3n) is 4.43. The largest absolute Gasteiger partial charge is 0.408 e. The molecule has 172 valence electrons. The van der Waals surface area contributed by atoms with Crippen molar-refractivity contribution < 1.29 is 31.5 Å². The third kappa shape index (κ3) is 6.03. The average Bonchev–Trinajstić information content (AvgIpc) is 3.13. The highest BCUT2D eigenvalue weighted by Gasteiger charge is 2.36. The third-order valence-corrected chi connectivity index (χ3v) is 4.43. The molecule has 1 aromatic carbocycles. The van der Waals surface area contributed by atoms with Gasteiger partial charge in [-0.25, -0.2) is 9.78 Å². The summed E-state index contributed by atoms with van der Waals surface area (Å²) in [4.78, 5) is 16.4. The Balaban J connectivity index is 1.69. The van der Waals surface area contributed by atoms with Crippen molar-refractivity contribution in [2.24, 2.45) is 0 Å². The number of benzene rings is 1. The van der Waals surface area contributed by atoms with Crippen LogP contribution in [0.15, 0.2) is 42.6 Å². The number of urea groups is 1. The lowest BCUT2D eigenvalue weighted by molar-refractivity contribution is -0.138. The van der Waals surface area contributed by atoms with Gasteiger partial charge in [0, 0.05) is 12.3 Å². The Labute approximate surface area is 178 Å². The van der Waals surface area contributed by atoms with Crippen LogP contribution < -0.4 is 16.0 Å². The van der Waals surface area contributed by atoms with E-state index >= 15 is 0 Å². The number of hydrogen-bond acceptors (Lipinski definition) is 5. The van der Waals surface area contributed by atoms with E-state index in [1.54, 1.807) is 30.3 Å². The molecule has 0 fully saturated rings. The van der Waals surface area contributed by atoms with Crippen LogP contribution in [0.1, 0.15) is 18.5 Å². The molecule has 0 aliphatic rings. The standard InChI is InChI=1S/C19H19F5N6O2/c1-10(19(22,23)24)26-16-12-8-25-15(7-13(12)29-30-16)28-18(31)27-14(9-32-17(20)21)11-5-3-2-4-6-11/h2-8,10,14,17H,9H2,1H3,(H2,26,29,30)(H2,25,27,28,31)/t10?,14-/m1/s1. The van der Waals surface area contributed by atoms with E-state index < -0.39 is 37.5 Å². The fourth-order valence-electron chi connectivity index (χ4n) is 2.76. The highest BCUT2D eigenvalue weighted by Crippen LogP contribution is 2.27. The van der Waals surface area contributed by atoms with Gasteiger partial charge in [-0.2, -0.15) is 27.1 Å². The molecule has 0 radical (unpaired) electrons. The molecule has 32 heavy (non-hydrogen) atoms. The van der Waals surface area contributed by atoms with Gasteiger partial charge in [-0.15, -0.1) is 0 Å². The van der Waals surface area contributed by atoms with Crippen molar-refractivity contribution in [2.75, 3.05) is 17.2 Å². The number of alkyl halides is 5. The molecule has 4 N–H and O–H groups in total. The summed E-state index contributed by atoms with van der Waals surface area (Å²) in [6.07, 6.45) is -3.21. The van der Waals surface area contributed by atoms with Crippen molar-refractivity contribution in [1.82, 2.24) is 20.5 Å². The first kappa shape index (κ1) is 23.2. The van der Waals surface area contributed by atoms with Gasteiger partial charge < -0.3 is 15.4 Å². The van der Waals surface area contributed by atoms with Crippen molar-refractivity contribution in [2.45, 2.75) is 31.8 Å². The number of aromatic nitrogens is 3. The van der Waals surface area contributed by atoms with Crippen molar-refractivity contribution in [1.29, 1.82) is 0 Å². The summed E-state index contributed by atoms with van der Waals surface area (Å²) < 4.78 is 67.5. The Morgan fingerprint density at radius 3 is 2.59 bits per heavy atom. The van der Waals surface area contributed by atoms with Crippen LogP contribution in [-0.2, 0) is 4.74 Å². The van der Waals surface area contributed by atoms with Gasteiger partial charge in [-0.05, 0) is 12.5 Å². The van der Waals surface area contributed by atoms with Crippen LogP contribution >= 0.6 is 0 Å². The number of anilines is 2. The summed E-state index contributed by atoms with van der Waals surface area (Å²) in [5.74, 6) is 0.0253. The van der Waals surface area contributed by atoms with E-state index in [9.17, 15) is 26.7 Å². The van der Waals surface area contributed by atoms with Crippen LogP contribution in [0.25, 0.3) is 10.9 Å². The molecule has 1 unspecified atom stereocenters. The molecule has 2 heterocycles. The van der Waals surface area contributed by atoms with E-state index in [2.05, 4.69) is 35.9 Å². The molecular formula is C19H19F5N6O2. The molecule has 2 aromatic heterocycles. The number of H-pyrrole nitrogens is 1. The molecule has 8 nitrogen and oxygen atoms in total. The van der Waals surface area contributed by atoms with Crippen molar-refractivity contribution in [3.63, 3.8) is 0 Å². The van der Waals surface area contributed by atoms with Crippen LogP contribution in [0.4, 0.5) is 38.4 Å². The molecule has 3 aromatic rings. The first-order valence-electron chi connectivity index (χ1n) is 9.33. The van der Waals surface area contributed by atoms with Gasteiger partial charge in [0.15, 0.2) is 5.82 Å². The summed E-state index contributed by atoms with van der Waals surface area (Å²) in [7, 11) is 0. The predicted octanol–water partition coefficient (Wildman–Crippen LogP) is 4.42. The lowest BCUT2D eigenvalue weighted by Gasteiger charge is -2.19. The topological polar surface area (TPSA) is 104 Å². The number of ether oxygens (including phenoxy) is 1. The number of carbonyl (C=O) groups excluding carboxylic acids is 1. The zero-order valence-corrected chi connectivity index (χ0v) is 16.6. The smallest absolute Gasteiger partial charge is 0.357 e. The van der Waals surface area contributed by atoms with E-state index in [0.29, 0.717) is 16.5 Å². The highest BCUT2D eigenvalue weighted by molar-refractivity contribution is 5.94. The zero-order chi connectivity index (χ0) is 23.3. The van der Waals surface area contributed by atoms with E-state index in [4.69, 9.17) is 0 Å². The van der Waals surface area contributed by atoms with Crippen LogP contribution in [0.3, 0.4) is 0 Å². The van der Waals surface area contributed by atoms with E-state index in [1.807, 2.05) is 0 Å². The Bertz CT molecular complexity index is 1040. The van der Waals surface area contributed by atoms with Gasteiger partial charge in [-0.3, -0.25) is 10.4 Å². The summed E-state index contributed by atoms with van der Waals surface area (Å²) in [6.45, 7) is -2.51. The first-order chi connectivity index (χ1) is 15.1. The number of hydrogen-bond donors (Lipinski definition) is 4. The van der Waals surface area contributed by atoms with Gasteiger partial charge in [0.05, 0.1) is 23.6 Å². The monoisotopic (exact) mass is 458 g/mol. The van der Waals surface area contributed by atoms with Crippen LogP contribution in [0.2, 0.25) is 0 Å². The Morgan fingerprint density at radius 1 is 1.22 bits per heavy atom. The second-order valence-electron chi connectivity index (χ2n) is 6.75. The molecule has 0 saturated carbocycles. The minimum atomic E-state index is -4.46. The quantitative estimate of drug-likeness (QED) is 0.374. The van der Waals surface area contributed by atoms with Gasteiger partial charge in [-0.1, -0.05) is 30.3 Å². The number of pyridine rings is 1. The summed E-state index contributed by atoms with van der Waals surface area (Å²) >= 11 is 0. The van der Waals surface area contributed by atoms with E-state index in [0.717, 1.165) is 6.92 Å². The summed E-state index contributed by atoms with van der Waals surface area (Å²) in [6, 6.07) is 6.33. The van der Waals surface area contributed by atoms with Gasteiger partial charge in [0.2, 0.25) is 0 Å². The number of rotatable bonds is 8. The minimum Gasteiger partial charge on any atom is -0.357 e. The van der Waals surface area contributed by atoms with Gasteiger partial charge in [0.25, 0.3) is 0 Å². The fraction of sp³-hybridized carbons (Fsp3) is 0.316. The molecule has 0 saturated heterocycles. The average molecular weight is 458 g/mol. The highest BCUT2D eigenvalue weighted by atomic mass is 19.4. The van der Waals surface area contributed by atoms with Crippen LogP contribution in [-0.4, -0.2) is 46.6 Å². The second-order valence-corrected chi connectivity index (χ2v) is 6.75. The molecule has 0 aliphatic heterocycles. The lowest BCUT2D eigenvalue weighted by Crippen LogP contribution is -2.35. The maximum Gasteiger partial charge on any atom is 0.408 e. The van der Waals surface area contributed by atoms with Gasteiger partial charge >= 0.3 is 18.8 Å². The number of carbonyl (C=O) groups is 1. The maximum absolute atomic E-state index is 12.8. The molecule has 0 bridgehead atoms. The fourth-order valence-corrected chi connectivity index (χ4v) is 2.76. The minimum absolute atomic E-state index is 0.0402. The molecule has 3 rings (SSSR count). The first-order valence-corrected chi connectivity index (χ1v) is 9.33. The number of amides is 2. The predicted molar refractivity (Wildman–Crippen MR) is 106 cm³/mol. The molecular weight excluding hydrogens is 439 g/mol. The van der Waals surface area contributed by atoms with Crippen molar-refractivity contribution in [3.8, 4) is 0 Å². The van der Waals surface area contributed by atoms with Gasteiger partial charge in [0.1, 0.15) is 11.9 Å². The molecule has 2 atom stereocenters. The summed E-state index contributed by atoms with van der Waals surface area (Å²) in [5, 5.41) is 13.9. The number of nitrogens with one attached hydrogen (secondary N) is 4. The van der Waals surface area contributed by atoms with Crippen molar-refractivity contribution in [3.05, 3.63) is 48.2 Å². The van der Waals surface area contributed by atoms with Crippen LogP contribution in [0.5, 0.6) is 0 Å². The zero-order valence-electron chi connectivity index (χ0n) is 16.6. The normalized spacial score (nSPS) is 13.7. The Hall–Kier alpha value is -3.48. The Kier molecular flexibility index (Phi) is 7.08. The molecule has 2 amide bonds. The van der Waals surface area contributed by atoms with E-state index in [-0.39, 0.29) is 11.6 Å². The number of nitrogens with zero attached hydrogens (tertiary/aromatic N) is 2. The SMILES string of the molecule is CC(Nc1n[nH]c2cc(NC(=O)N[C@H](COC(F)F)c3ccccc3)ncc12)C(F)(F)F. The lowest BCUT2D eigenvalue weighted by atomic mass is 10.1. The number of aromatic amines is 1. The maximum atomic E-state index is 12.8. The second kappa shape index (κ2) is 9.77. The molecule has 0 spiro atoms. The number of halogens is 5. The van der Waals surface area contributed by atoms with Crippen molar-refractivity contribution >= 4 is 28.6 Å².